The van der Waals surface area contributed by atoms with Gasteiger partial charge in [0, 0.05) is 99.7 Å². The molecule has 0 aliphatic rings. The van der Waals surface area contributed by atoms with E-state index in [2.05, 4.69) is 480 Å². The van der Waals surface area contributed by atoms with Gasteiger partial charge in [0.2, 0.25) is 0 Å². The number of hydrogen-bond acceptors (Lipinski definition) is 4. The van der Waals surface area contributed by atoms with E-state index in [0.29, 0.717) is 0 Å². The Morgan fingerprint density at radius 2 is 0.437 bits per heavy atom. The van der Waals surface area contributed by atoms with Crippen LogP contribution in [-0.2, 0) is 0 Å². The first-order chi connectivity index (χ1) is 62.4. The smallest absolute Gasteiger partial charge is 0.143 e. The van der Waals surface area contributed by atoms with Crippen molar-refractivity contribution in [2.45, 2.75) is 0 Å². The highest BCUT2D eigenvalue weighted by Gasteiger charge is 2.23. The third-order valence-electron chi connectivity index (χ3n) is 25.3. The van der Waals surface area contributed by atoms with E-state index in [4.69, 9.17) is 8.83 Å². The fourth-order valence-electron chi connectivity index (χ4n) is 19.2. The fourth-order valence-corrected chi connectivity index (χ4v) is 19.2. The van der Waals surface area contributed by atoms with Gasteiger partial charge in [-0.15, -0.1) is 0 Å². The molecule has 0 fully saturated rings. The Kier molecular flexibility index (Phi) is 17.8. The summed E-state index contributed by atoms with van der Waals surface area (Å²) in [5, 5.41) is 9.35. The molecule has 6 nitrogen and oxygen atoms in total. The maximum atomic E-state index is 6.93. The molecule has 0 amide bonds. The van der Waals surface area contributed by atoms with Gasteiger partial charge in [-0.3, -0.25) is 0 Å². The zero-order valence-corrected chi connectivity index (χ0v) is 68.6. The summed E-state index contributed by atoms with van der Waals surface area (Å²) in [7, 11) is 0. The van der Waals surface area contributed by atoms with E-state index in [0.717, 1.165) is 184 Å². The van der Waals surface area contributed by atoms with Crippen LogP contribution in [0.25, 0.3) is 199 Å². The lowest BCUT2D eigenvalue weighted by Gasteiger charge is -2.26. The Bertz CT molecular complexity index is 8210. The lowest BCUT2D eigenvalue weighted by Crippen LogP contribution is -2.10. The Morgan fingerprint density at radius 1 is 0.151 bits per heavy atom. The molecule has 0 saturated heterocycles. The lowest BCUT2D eigenvalue weighted by atomic mass is 9.93. The zero-order chi connectivity index (χ0) is 83.1. The van der Waals surface area contributed by atoms with Crippen molar-refractivity contribution >= 4 is 122 Å². The summed E-state index contributed by atoms with van der Waals surface area (Å²) < 4.78 is 18.3. The van der Waals surface area contributed by atoms with Crippen molar-refractivity contribution in [2.75, 3.05) is 9.80 Å². The summed E-state index contributed by atoms with van der Waals surface area (Å²) in [5.74, 6) is 0. The summed E-state index contributed by atoms with van der Waals surface area (Å²) in [6, 6.07) is 172. The van der Waals surface area contributed by atoms with Crippen LogP contribution in [-0.4, -0.2) is 9.13 Å². The fraction of sp³-hybridized carbons (Fsp3) is 0. The van der Waals surface area contributed by atoms with Crippen molar-refractivity contribution in [3.63, 3.8) is 0 Å². The summed E-state index contributed by atoms with van der Waals surface area (Å²) in [6.45, 7) is 0. The average molecular weight is 1610 g/mol. The van der Waals surface area contributed by atoms with E-state index in [9.17, 15) is 0 Å². The summed E-state index contributed by atoms with van der Waals surface area (Å²) in [4.78, 5) is 4.73. The van der Waals surface area contributed by atoms with Crippen molar-refractivity contribution in [3.8, 4) is 112 Å². The van der Waals surface area contributed by atoms with Crippen molar-refractivity contribution in [1.29, 1.82) is 0 Å². The second kappa shape index (κ2) is 30.7. The first-order valence-electron chi connectivity index (χ1n) is 43.1. The molecule has 126 heavy (non-hydrogen) atoms. The van der Waals surface area contributed by atoms with E-state index in [1.54, 1.807) is 0 Å². The second-order valence-corrected chi connectivity index (χ2v) is 32.7. The molecule has 0 aliphatic carbocycles. The van der Waals surface area contributed by atoms with E-state index in [1.165, 1.54) is 49.2 Å². The van der Waals surface area contributed by atoms with Crippen LogP contribution in [0.3, 0.4) is 0 Å². The minimum Gasteiger partial charge on any atom is -0.455 e. The molecule has 0 saturated carbocycles. The van der Waals surface area contributed by atoms with Gasteiger partial charge in [-0.2, -0.15) is 0 Å². The third kappa shape index (κ3) is 13.0. The van der Waals surface area contributed by atoms with Gasteiger partial charge in [-0.05, 0) is 253 Å². The molecule has 0 unspecified atom stereocenters. The number of rotatable bonds is 17. The number of anilines is 6. The molecule has 6 heteroatoms. The van der Waals surface area contributed by atoms with Crippen LogP contribution in [0, 0.1) is 0 Å². The Balaban J connectivity index is 0.554. The first-order valence-corrected chi connectivity index (χ1v) is 43.1. The minimum atomic E-state index is 0.848. The minimum absolute atomic E-state index is 0.848. The van der Waals surface area contributed by atoms with Crippen LogP contribution in [0.4, 0.5) is 34.1 Å². The van der Waals surface area contributed by atoms with Crippen molar-refractivity contribution in [2.24, 2.45) is 0 Å². The number of aromatic nitrogens is 2. The molecule has 0 bridgehead atoms. The van der Waals surface area contributed by atoms with Crippen LogP contribution in [0.1, 0.15) is 0 Å². The highest BCUT2D eigenvalue weighted by atomic mass is 16.3. The number of benzene rings is 20. The molecule has 590 valence electrons. The Labute approximate surface area is 729 Å². The van der Waals surface area contributed by atoms with Crippen LogP contribution in [0.5, 0.6) is 0 Å². The summed E-state index contributed by atoms with van der Waals surface area (Å²) in [5.41, 5.74) is 36.8. The van der Waals surface area contributed by atoms with Crippen LogP contribution in [0.2, 0.25) is 0 Å². The number of hydrogen-bond donors (Lipinski definition) is 0. The maximum Gasteiger partial charge on any atom is 0.143 e. The number of nitrogens with zero attached hydrogens (tertiary/aromatic N) is 4. The number of furan rings is 2. The molecule has 0 N–H and O–H groups in total. The van der Waals surface area contributed by atoms with Crippen LogP contribution in [0.15, 0.2) is 482 Å². The van der Waals surface area contributed by atoms with E-state index < -0.39 is 0 Å². The third-order valence-corrected chi connectivity index (χ3v) is 25.3. The van der Waals surface area contributed by atoms with Crippen molar-refractivity contribution < 1.29 is 8.83 Å². The van der Waals surface area contributed by atoms with Gasteiger partial charge in [0.05, 0.1) is 22.1 Å². The van der Waals surface area contributed by atoms with Gasteiger partial charge in [0.25, 0.3) is 0 Å². The van der Waals surface area contributed by atoms with Gasteiger partial charge in [0.1, 0.15) is 22.3 Å². The van der Waals surface area contributed by atoms with Crippen LogP contribution >= 0.6 is 0 Å². The van der Waals surface area contributed by atoms with Crippen LogP contribution < -0.4 is 9.80 Å². The zero-order valence-electron chi connectivity index (χ0n) is 68.6. The normalized spacial score (nSPS) is 11.7. The molecule has 24 aromatic rings. The molecule has 0 radical (unpaired) electrons. The highest BCUT2D eigenvalue weighted by molar-refractivity contribution is 6.14. The maximum absolute atomic E-state index is 6.93. The standard InChI is InChI=1S/C120H78N4O2/c1-2-23-79(24-3-1)80-51-61-98(62-52-80)122(100-34-19-31-91(74-100)88-28-18-29-89(73-88)93-33-21-36-102(76-93)124-115-47-12-6-39-106(115)107-40-7-13-48-116(107)124)99-69-59-84(60-70-99)111-77-94(78-112-109-42-9-15-50-118(109)126-120(111)112)90-30-17-26-86(72-90)82-55-65-96(66-56-82)121(97-67-57-83(58-68-97)103-43-22-44-110-108-41-8-14-49-117(108)125-119(103)110)95-63-53-81(54-64-95)85-25-16-27-87(71-85)92-32-20-35-101(75-92)123-113-45-10-4-37-104(113)105-38-5-11-46-114(105)123/h1-78H. The largest absolute Gasteiger partial charge is 0.455 e. The molecule has 0 atom stereocenters. The van der Waals surface area contributed by atoms with Crippen molar-refractivity contribution in [1.82, 2.24) is 9.13 Å². The second-order valence-electron chi connectivity index (χ2n) is 32.7. The quantitative estimate of drug-likeness (QED) is 0.0911. The SMILES string of the molecule is c1ccc(-c2ccc(N(c3ccc(-c4cc(-c5cccc(-c6ccc(N(c7ccc(-c8cccc(-c9cccc(-n%10c%11ccccc%11c%11ccccc%11%10)c9)c8)cc7)c7ccc(-c8cccc9c8oc8ccccc89)cc7)cc6)c5)cc5c4oc4ccccc45)cc3)c3cccc(-c4cccc(-c5cccc(-n6c7ccccc7c7ccccc76)c5)c4)c3)cc2)cc1. The molecule has 0 aliphatic heterocycles. The van der Waals surface area contributed by atoms with Gasteiger partial charge >= 0.3 is 0 Å². The van der Waals surface area contributed by atoms with Gasteiger partial charge in [-0.25, -0.2) is 0 Å². The molecule has 0 spiro atoms. The monoisotopic (exact) mass is 1610 g/mol. The molecule has 4 heterocycles. The van der Waals surface area contributed by atoms with E-state index >= 15 is 0 Å². The molecular weight excluding hydrogens is 1530 g/mol. The van der Waals surface area contributed by atoms with Gasteiger partial charge < -0.3 is 27.8 Å². The summed E-state index contributed by atoms with van der Waals surface area (Å²) in [6.07, 6.45) is 0. The van der Waals surface area contributed by atoms with Crippen molar-refractivity contribution in [3.05, 3.63) is 473 Å². The Hall–Kier alpha value is -16.8. The van der Waals surface area contributed by atoms with Gasteiger partial charge in [-0.1, -0.05) is 309 Å². The number of fused-ring (bicyclic) bond motifs is 12. The average Bonchev–Trinajstić information content (AvgIpc) is 1.58. The predicted octanol–water partition coefficient (Wildman–Crippen LogP) is 33.6. The highest BCUT2D eigenvalue weighted by Crippen LogP contribution is 2.47. The number of para-hydroxylation sites is 7. The Morgan fingerprint density at radius 3 is 0.881 bits per heavy atom. The molecule has 20 aromatic carbocycles. The van der Waals surface area contributed by atoms with E-state index in [-0.39, 0.29) is 0 Å². The molecule has 4 aromatic heterocycles. The summed E-state index contributed by atoms with van der Waals surface area (Å²) >= 11 is 0. The topological polar surface area (TPSA) is 42.6 Å². The lowest BCUT2D eigenvalue weighted by molar-refractivity contribution is 0.669. The first kappa shape index (κ1) is 73.1. The molecule has 24 rings (SSSR count). The molecular formula is C120H78N4O2. The van der Waals surface area contributed by atoms with Gasteiger partial charge in [0.15, 0.2) is 0 Å². The van der Waals surface area contributed by atoms with E-state index in [1.807, 2.05) is 12.1 Å². The predicted molar refractivity (Wildman–Crippen MR) is 528 cm³/mol.